The first-order valence-electron chi connectivity index (χ1n) is 7.67. The first-order chi connectivity index (χ1) is 13.0. The maximum atomic E-state index is 13.2. The summed E-state index contributed by atoms with van der Waals surface area (Å²) >= 11 is 5.93. The zero-order valence-electron chi connectivity index (χ0n) is 14.0. The van der Waals surface area contributed by atoms with Gasteiger partial charge in [-0.15, -0.1) is 10.2 Å². The van der Waals surface area contributed by atoms with Crippen LogP contribution < -0.4 is 15.4 Å². The average molecular weight is 391 g/mol. The van der Waals surface area contributed by atoms with E-state index in [0.29, 0.717) is 22.1 Å². The van der Waals surface area contributed by atoms with E-state index >= 15 is 0 Å². The standard InChI is InChI=1S/C18H13ClF2N4O2/c1-27-16-6-2-10(19)8-15(16)23-18(26)14-5-7-17(25-24-14)22-11-3-4-12(20)13(21)9-11/h2-9H,1H3,(H,22,25)(H,23,26). The molecule has 0 radical (unpaired) electrons. The Kier molecular flexibility index (Phi) is 5.46. The van der Waals surface area contributed by atoms with Crippen LogP contribution in [0.2, 0.25) is 5.02 Å². The van der Waals surface area contributed by atoms with E-state index in [-0.39, 0.29) is 11.5 Å². The molecule has 0 aliphatic heterocycles. The number of methoxy groups -OCH3 is 1. The minimum atomic E-state index is -0.987. The largest absolute Gasteiger partial charge is 0.495 e. The normalized spacial score (nSPS) is 10.4. The van der Waals surface area contributed by atoms with E-state index in [1.807, 2.05) is 0 Å². The van der Waals surface area contributed by atoms with Crippen LogP contribution in [0.5, 0.6) is 5.75 Å². The van der Waals surface area contributed by atoms with Gasteiger partial charge in [-0.3, -0.25) is 4.79 Å². The van der Waals surface area contributed by atoms with Gasteiger partial charge in [0, 0.05) is 16.8 Å². The molecule has 138 valence electrons. The van der Waals surface area contributed by atoms with Gasteiger partial charge in [0.1, 0.15) is 5.75 Å². The summed E-state index contributed by atoms with van der Waals surface area (Å²) in [5.74, 6) is -1.74. The van der Waals surface area contributed by atoms with Gasteiger partial charge < -0.3 is 15.4 Å². The van der Waals surface area contributed by atoms with Crippen molar-refractivity contribution in [3.05, 3.63) is 70.9 Å². The van der Waals surface area contributed by atoms with E-state index in [4.69, 9.17) is 16.3 Å². The topological polar surface area (TPSA) is 76.1 Å². The highest BCUT2D eigenvalue weighted by atomic mass is 35.5. The Bertz CT molecular complexity index is 984. The summed E-state index contributed by atoms with van der Waals surface area (Å²) in [4.78, 5) is 12.3. The zero-order chi connectivity index (χ0) is 19.4. The molecule has 0 bridgehead atoms. The van der Waals surface area contributed by atoms with Gasteiger partial charge in [0.25, 0.3) is 5.91 Å². The van der Waals surface area contributed by atoms with Crippen molar-refractivity contribution in [2.24, 2.45) is 0 Å². The fourth-order valence-corrected chi connectivity index (χ4v) is 2.38. The number of halogens is 3. The molecule has 0 spiro atoms. The van der Waals surface area contributed by atoms with Crippen LogP contribution >= 0.6 is 11.6 Å². The van der Waals surface area contributed by atoms with Crippen molar-refractivity contribution in [1.82, 2.24) is 10.2 Å². The number of nitrogens with zero attached hydrogens (tertiary/aromatic N) is 2. The summed E-state index contributed by atoms with van der Waals surface area (Å²) in [6.07, 6.45) is 0. The van der Waals surface area contributed by atoms with Crippen LogP contribution in [0, 0.1) is 11.6 Å². The monoisotopic (exact) mass is 390 g/mol. The quantitative estimate of drug-likeness (QED) is 0.674. The molecule has 2 aromatic carbocycles. The molecule has 1 aromatic heterocycles. The Morgan fingerprint density at radius 3 is 2.52 bits per heavy atom. The van der Waals surface area contributed by atoms with Crippen molar-refractivity contribution in [3.8, 4) is 5.75 Å². The lowest BCUT2D eigenvalue weighted by Gasteiger charge is -2.10. The summed E-state index contributed by atoms with van der Waals surface area (Å²) in [5, 5.41) is 13.5. The van der Waals surface area contributed by atoms with Crippen molar-refractivity contribution in [3.63, 3.8) is 0 Å². The summed E-state index contributed by atoms with van der Waals surface area (Å²) < 4.78 is 31.3. The molecule has 0 aliphatic carbocycles. The van der Waals surface area contributed by atoms with Crippen LogP contribution in [-0.4, -0.2) is 23.2 Å². The third-order valence-electron chi connectivity index (χ3n) is 3.50. The molecule has 0 saturated heterocycles. The van der Waals surface area contributed by atoms with E-state index in [2.05, 4.69) is 20.8 Å². The van der Waals surface area contributed by atoms with E-state index in [9.17, 15) is 13.6 Å². The van der Waals surface area contributed by atoms with Gasteiger partial charge in [0.15, 0.2) is 23.1 Å². The van der Waals surface area contributed by atoms with Gasteiger partial charge in [-0.05, 0) is 42.5 Å². The van der Waals surface area contributed by atoms with Crippen LogP contribution in [0.3, 0.4) is 0 Å². The van der Waals surface area contributed by atoms with E-state index < -0.39 is 17.5 Å². The fraction of sp³-hybridized carbons (Fsp3) is 0.0556. The number of benzene rings is 2. The molecule has 0 atom stereocenters. The molecule has 9 heteroatoms. The number of nitrogens with one attached hydrogen (secondary N) is 2. The molecule has 1 amide bonds. The Hall–Kier alpha value is -3.26. The van der Waals surface area contributed by atoms with Crippen molar-refractivity contribution < 1.29 is 18.3 Å². The number of rotatable bonds is 5. The number of anilines is 3. The van der Waals surface area contributed by atoms with Crippen LogP contribution in [-0.2, 0) is 0 Å². The number of carbonyl (C=O) groups excluding carboxylic acids is 1. The molecule has 0 unspecified atom stereocenters. The summed E-state index contributed by atoms with van der Waals surface area (Å²) in [6, 6.07) is 11.1. The minimum Gasteiger partial charge on any atom is -0.495 e. The highest BCUT2D eigenvalue weighted by Crippen LogP contribution is 2.28. The molecule has 3 rings (SSSR count). The molecular formula is C18H13ClF2N4O2. The summed E-state index contributed by atoms with van der Waals surface area (Å²) in [6.45, 7) is 0. The molecular weight excluding hydrogens is 378 g/mol. The van der Waals surface area contributed by atoms with Gasteiger partial charge in [-0.25, -0.2) is 8.78 Å². The number of carbonyl (C=O) groups is 1. The number of aromatic nitrogens is 2. The molecule has 0 aliphatic rings. The SMILES string of the molecule is COc1ccc(Cl)cc1NC(=O)c1ccc(Nc2ccc(F)c(F)c2)nn1. The van der Waals surface area contributed by atoms with Crippen LogP contribution in [0.1, 0.15) is 10.5 Å². The number of amides is 1. The van der Waals surface area contributed by atoms with Crippen molar-refractivity contribution in [2.75, 3.05) is 17.7 Å². The lowest BCUT2D eigenvalue weighted by atomic mass is 10.2. The van der Waals surface area contributed by atoms with Crippen LogP contribution in [0.25, 0.3) is 0 Å². The Labute approximate surface area is 158 Å². The molecule has 3 aromatic rings. The van der Waals surface area contributed by atoms with Gasteiger partial charge in [-0.1, -0.05) is 11.6 Å². The smallest absolute Gasteiger partial charge is 0.276 e. The maximum absolute atomic E-state index is 13.2. The number of hydrogen-bond donors (Lipinski definition) is 2. The predicted molar refractivity (Wildman–Crippen MR) is 97.6 cm³/mol. The Morgan fingerprint density at radius 1 is 1.04 bits per heavy atom. The summed E-state index contributed by atoms with van der Waals surface area (Å²) in [7, 11) is 1.47. The van der Waals surface area contributed by atoms with E-state index in [1.165, 1.54) is 25.3 Å². The molecule has 27 heavy (non-hydrogen) atoms. The van der Waals surface area contributed by atoms with Gasteiger partial charge >= 0.3 is 0 Å². The molecule has 2 N–H and O–H groups in total. The Morgan fingerprint density at radius 2 is 1.85 bits per heavy atom. The lowest BCUT2D eigenvalue weighted by molar-refractivity contribution is 0.102. The van der Waals surface area contributed by atoms with Gasteiger partial charge in [0.05, 0.1) is 12.8 Å². The Balaban J connectivity index is 1.72. The second-order valence-electron chi connectivity index (χ2n) is 5.36. The zero-order valence-corrected chi connectivity index (χ0v) is 14.7. The lowest BCUT2D eigenvalue weighted by Crippen LogP contribution is -2.15. The second-order valence-corrected chi connectivity index (χ2v) is 5.79. The minimum absolute atomic E-state index is 0.0489. The third-order valence-corrected chi connectivity index (χ3v) is 3.73. The molecule has 0 saturated carbocycles. The van der Waals surface area contributed by atoms with Crippen molar-refractivity contribution in [2.45, 2.75) is 0 Å². The number of ether oxygens (including phenoxy) is 1. The average Bonchev–Trinajstić information content (AvgIpc) is 2.65. The maximum Gasteiger partial charge on any atom is 0.276 e. The molecule has 6 nitrogen and oxygen atoms in total. The first-order valence-corrected chi connectivity index (χ1v) is 8.05. The van der Waals surface area contributed by atoms with Crippen LogP contribution in [0.4, 0.5) is 26.0 Å². The molecule has 0 fully saturated rings. The number of hydrogen-bond acceptors (Lipinski definition) is 5. The van der Waals surface area contributed by atoms with Crippen LogP contribution in [0.15, 0.2) is 48.5 Å². The first kappa shape index (κ1) is 18.5. The van der Waals surface area contributed by atoms with Gasteiger partial charge in [0.2, 0.25) is 0 Å². The van der Waals surface area contributed by atoms with E-state index in [1.54, 1.807) is 18.2 Å². The highest BCUT2D eigenvalue weighted by Gasteiger charge is 2.12. The summed E-state index contributed by atoms with van der Waals surface area (Å²) in [5.41, 5.74) is 0.734. The van der Waals surface area contributed by atoms with Crippen molar-refractivity contribution >= 4 is 34.7 Å². The van der Waals surface area contributed by atoms with Crippen molar-refractivity contribution in [1.29, 1.82) is 0 Å². The third kappa shape index (κ3) is 4.48. The van der Waals surface area contributed by atoms with Gasteiger partial charge in [-0.2, -0.15) is 0 Å². The van der Waals surface area contributed by atoms with E-state index in [0.717, 1.165) is 12.1 Å². The second kappa shape index (κ2) is 7.96. The predicted octanol–water partition coefficient (Wildman–Crippen LogP) is 4.41. The fourth-order valence-electron chi connectivity index (χ4n) is 2.21. The molecule has 1 heterocycles. The highest BCUT2D eigenvalue weighted by molar-refractivity contribution is 6.31.